The Morgan fingerprint density at radius 3 is 2.50 bits per heavy atom. The summed E-state index contributed by atoms with van der Waals surface area (Å²) in [5.41, 5.74) is 1.02. The first-order valence-electron chi connectivity index (χ1n) is 6.07. The summed E-state index contributed by atoms with van der Waals surface area (Å²) in [5.74, 6) is -3.72. The van der Waals surface area contributed by atoms with E-state index in [1.165, 1.54) is 12.1 Å². The van der Waals surface area contributed by atoms with E-state index in [-0.39, 0.29) is 31.5 Å². The van der Waals surface area contributed by atoms with Gasteiger partial charge in [-0.05, 0) is 37.5 Å². The standard InChI is InChI=1S/C14H15F3O/c1-9-2-3-11(15)8-12(9)13(18)10-4-6-14(16,17)7-5-10/h2-3,8,10H,4-7H2,1H3. The molecular formula is C14H15F3O. The SMILES string of the molecule is Cc1ccc(F)cc1C(=O)C1CCC(F)(F)CC1. The normalized spacial score (nSPS) is 19.8. The molecule has 0 N–H and O–H groups in total. The lowest BCUT2D eigenvalue weighted by molar-refractivity contribution is -0.0424. The summed E-state index contributed by atoms with van der Waals surface area (Å²) in [6, 6.07) is 4.03. The molecule has 1 aromatic carbocycles. The summed E-state index contributed by atoms with van der Waals surface area (Å²) < 4.78 is 39.2. The zero-order valence-electron chi connectivity index (χ0n) is 10.2. The minimum absolute atomic E-state index is 0.182. The molecule has 0 unspecified atom stereocenters. The van der Waals surface area contributed by atoms with E-state index in [0.717, 1.165) is 0 Å². The van der Waals surface area contributed by atoms with Crippen molar-refractivity contribution in [3.8, 4) is 0 Å². The van der Waals surface area contributed by atoms with Crippen molar-refractivity contribution >= 4 is 5.78 Å². The zero-order chi connectivity index (χ0) is 13.3. The third kappa shape index (κ3) is 2.74. The number of carbonyl (C=O) groups excluding carboxylic acids is 1. The highest BCUT2D eigenvalue weighted by Gasteiger charge is 2.37. The van der Waals surface area contributed by atoms with E-state index in [1.807, 2.05) is 0 Å². The van der Waals surface area contributed by atoms with Crippen molar-refractivity contribution in [1.29, 1.82) is 0 Å². The van der Waals surface area contributed by atoms with Crippen LogP contribution in [0.3, 0.4) is 0 Å². The highest BCUT2D eigenvalue weighted by atomic mass is 19.3. The van der Waals surface area contributed by atoms with Crippen LogP contribution in [0.1, 0.15) is 41.6 Å². The number of hydrogen-bond acceptors (Lipinski definition) is 1. The second-order valence-electron chi connectivity index (χ2n) is 4.95. The number of hydrogen-bond donors (Lipinski definition) is 0. The number of aryl methyl sites for hydroxylation is 1. The van der Waals surface area contributed by atoms with E-state index in [2.05, 4.69) is 0 Å². The molecule has 18 heavy (non-hydrogen) atoms. The van der Waals surface area contributed by atoms with E-state index < -0.39 is 17.7 Å². The van der Waals surface area contributed by atoms with Crippen molar-refractivity contribution in [3.63, 3.8) is 0 Å². The van der Waals surface area contributed by atoms with Gasteiger partial charge in [-0.2, -0.15) is 0 Å². The van der Waals surface area contributed by atoms with E-state index in [1.54, 1.807) is 13.0 Å². The van der Waals surface area contributed by atoms with Gasteiger partial charge in [0.25, 0.3) is 0 Å². The van der Waals surface area contributed by atoms with Crippen LogP contribution in [0.4, 0.5) is 13.2 Å². The number of ketones is 1. The minimum atomic E-state index is -2.65. The molecule has 1 saturated carbocycles. The Bertz CT molecular complexity index is 458. The molecule has 1 aliphatic carbocycles. The number of rotatable bonds is 2. The molecule has 0 bridgehead atoms. The Morgan fingerprint density at radius 1 is 1.28 bits per heavy atom. The van der Waals surface area contributed by atoms with Gasteiger partial charge in [0.1, 0.15) is 5.82 Å². The van der Waals surface area contributed by atoms with E-state index >= 15 is 0 Å². The monoisotopic (exact) mass is 256 g/mol. The van der Waals surface area contributed by atoms with Crippen LogP contribution in [0.2, 0.25) is 0 Å². The predicted molar refractivity (Wildman–Crippen MR) is 62.4 cm³/mol. The van der Waals surface area contributed by atoms with Gasteiger partial charge in [0, 0.05) is 24.3 Å². The summed E-state index contributed by atoms with van der Waals surface area (Å²) >= 11 is 0. The zero-order valence-corrected chi connectivity index (χ0v) is 10.2. The molecule has 1 aromatic rings. The summed E-state index contributed by atoms with van der Waals surface area (Å²) in [7, 11) is 0. The van der Waals surface area contributed by atoms with E-state index in [9.17, 15) is 18.0 Å². The van der Waals surface area contributed by atoms with Crippen LogP contribution in [0.15, 0.2) is 18.2 Å². The summed E-state index contributed by atoms with van der Waals surface area (Å²) in [5, 5.41) is 0. The van der Waals surface area contributed by atoms with Crippen LogP contribution < -0.4 is 0 Å². The summed E-state index contributed by atoms with van der Waals surface area (Å²) in [6.07, 6.45) is -0.140. The van der Waals surface area contributed by atoms with Crippen molar-refractivity contribution in [1.82, 2.24) is 0 Å². The Hall–Kier alpha value is -1.32. The maximum atomic E-state index is 13.1. The topological polar surface area (TPSA) is 17.1 Å². The molecule has 0 radical (unpaired) electrons. The Morgan fingerprint density at radius 2 is 1.89 bits per heavy atom. The van der Waals surface area contributed by atoms with Crippen molar-refractivity contribution in [2.24, 2.45) is 5.92 Å². The largest absolute Gasteiger partial charge is 0.294 e. The average molecular weight is 256 g/mol. The Kier molecular flexibility index (Phi) is 3.46. The number of Topliss-reactive ketones (excluding diaryl/α,β-unsaturated/α-hetero) is 1. The second kappa shape index (κ2) is 4.75. The van der Waals surface area contributed by atoms with Gasteiger partial charge in [0.2, 0.25) is 5.92 Å². The van der Waals surface area contributed by atoms with Gasteiger partial charge in [-0.1, -0.05) is 6.07 Å². The fourth-order valence-electron chi connectivity index (χ4n) is 2.38. The molecule has 1 aliphatic rings. The molecule has 0 saturated heterocycles. The number of benzene rings is 1. The van der Waals surface area contributed by atoms with Gasteiger partial charge in [-0.25, -0.2) is 13.2 Å². The number of carbonyl (C=O) groups is 1. The number of alkyl halides is 2. The summed E-state index contributed by atoms with van der Waals surface area (Å²) in [6.45, 7) is 1.73. The molecule has 0 atom stereocenters. The fourth-order valence-corrected chi connectivity index (χ4v) is 2.38. The fraction of sp³-hybridized carbons (Fsp3) is 0.500. The van der Waals surface area contributed by atoms with Gasteiger partial charge >= 0.3 is 0 Å². The lowest BCUT2D eigenvalue weighted by Crippen LogP contribution is -2.29. The number of halogens is 3. The highest BCUT2D eigenvalue weighted by molar-refractivity contribution is 5.99. The Balaban J connectivity index is 2.15. The maximum Gasteiger partial charge on any atom is 0.248 e. The average Bonchev–Trinajstić information content (AvgIpc) is 2.31. The van der Waals surface area contributed by atoms with Crippen molar-refractivity contribution in [3.05, 3.63) is 35.1 Å². The molecule has 98 valence electrons. The van der Waals surface area contributed by atoms with Crippen molar-refractivity contribution < 1.29 is 18.0 Å². The Labute approximate surface area is 104 Å². The lowest BCUT2D eigenvalue weighted by Gasteiger charge is -2.27. The van der Waals surface area contributed by atoms with Crippen LogP contribution in [0, 0.1) is 18.7 Å². The predicted octanol–water partition coefficient (Wildman–Crippen LogP) is 4.14. The molecular weight excluding hydrogens is 241 g/mol. The molecule has 2 rings (SSSR count). The summed E-state index contributed by atoms with van der Waals surface area (Å²) in [4.78, 5) is 12.2. The quantitative estimate of drug-likeness (QED) is 0.727. The third-order valence-corrected chi connectivity index (χ3v) is 3.55. The molecule has 0 amide bonds. The molecule has 0 spiro atoms. The molecule has 0 heterocycles. The molecule has 0 aliphatic heterocycles. The van der Waals surface area contributed by atoms with Gasteiger partial charge in [0.15, 0.2) is 5.78 Å². The molecule has 1 nitrogen and oxygen atoms in total. The lowest BCUT2D eigenvalue weighted by atomic mass is 9.81. The first-order valence-corrected chi connectivity index (χ1v) is 6.07. The van der Waals surface area contributed by atoms with E-state index in [4.69, 9.17) is 0 Å². The smallest absolute Gasteiger partial charge is 0.248 e. The first kappa shape index (κ1) is 13.1. The maximum absolute atomic E-state index is 13.1. The van der Waals surface area contributed by atoms with Crippen molar-refractivity contribution in [2.45, 2.75) is 38.5 Å². The van der Waals surface area contributed by atoms with Crippen molar-refractivity contribution in [2.75, 3.05) is 0 Å². The first-order chi connectivity index (χ1) is 8.39. The van der Waals surface area contributed by atoms with Gasteiger partial charge in [-0.3, -0.25) is 4.79 Å². The van der Waals surface area contributed by atoms with Gasteiger partial charge < -0.3 is 0 Å². The minimum Gasteiger partial charge on any atom is -0.294 e. The van der Waals surface area contributed by atoms with E-state index in [0.29, 0.717) is 11.1 Å². The van der Waals surface area contributed by atoms with Crippen LogP contribution in [0.25, 0.3) is 0 Å². The molecule has 1 fully saturated rings. The van der Waals surface area contributed by atoms with Crippen LogP contribution in [-0.4, -0.2) is 11.7 Å². The van der Waals surface area contributed by atoms with Crippen LogP contribution in [-0.2, 0) is 0 Å². The second-order valence-corrected chi connectivity index (χ2v) is 4.95. The highest BCUT2D eigenvalue weighted by Crippen LogP contribution is 2.37. The van der Waals surface area contributed by atoms with Gasteiger partial charge in [-0.15, -0.1) is 0 Å². The van der Waals surface area contributed by atoms with Gasteiger partial charge in [0.05, 0.1) is 0 Å². The van der Waals surface area contributed by atoms with Crippen LogP contribution >= 0.6 is 0 Å². The molecule has 4 heteroatoms. The third-order valence-electron chi connectivity index (χ3n) is 3.55. The molecule has 0 aromatic heterocycles. The van der Waals surface area contributed by atoms with Crippen LogP contribution in [0.5, 0.6) is 0 Å².